The van der Waals surface area contributed by atoms with Gasteiger partial charge in [0.05, 0.1) is 29.2 Å². The van der Waals surface area contributed by atoms with E-state index >= 15 is 0 Å². The zero-order valence-electron chi connectivity index (χ0n) is 12.1. The van der Waals surface area contributed by atoms with Gasteiger partial charge in [0.25, 0.3) is 0 Å². The summed E-state index contributed by atoms with van der Waals surface area (Å²) in [4.78, 5) is 13.1. The quantitative estimate of drug-likeness (QED) is 0.758. The molecule has 0 amide bonds. The van der Waals surface area contributed by atoms with Crippen LogP contribution in [0.2, 0.25) is 0 Å². The Kier molecular flexibility index (Phi) is 3.14. The van der Waals surface area contributed by atoms with E-state index in [1.807, 2.05) is 13.0 Å². The van der Waals surface area contributed by atoms with Crippen LogP contribution in [0.5, 0.6) is 0 Å². The zero-order chi connectivity index (χ0) is 15.9. The van der Waals surface area contributed by atoms with Crippen molar-refractivity contribution < 1.29 is 4.39 Å². The van der Waals surface area contributed by atoms with E-state index in [1.165, 1.54) is 6.07 Å². The largest absolute Gasteiger partial charge is 0.382 e. The van der Waals surface area contributed by atoms with E-state index in [0.717, 1.165) is 5.56 Å². The summed E-state index contributed by atoms with van der Waals surface area (Å²) in [6.45, 7) is 1.85. The van der Waals surface area contributed by atoms with Crippen molar-refractivity contribution in [1.82, 2.24) is 15.0 Å². The third kappa shape index (κ3) is 2.02. The number of imidazole rings is 1. The molecule has 110 valence electrons. The van der Waals surface area contributed by atoms with Gasteiger partial charge < -0.3 is 15.6 Å². The van der Waals surface area contributed by atoms with Crippen LogP contribution in [0.1, 0.15) is 11.1 Å². The second-order valence-corrected chi connectivity index (χ2v) is 4.91. The summed E-state index contributed by atoms with van der Waals surface area (Å²) < 4.78 is 14.2. The molecule has 0 unspecified atom stereocenters. The minimum Gasteiger partial charge on any atom is -0.382 e. The SMILES string of the molecule is Cc1c(N(C)c2ccc(C#N)cc2F)nc(N)c2[nH]cnc12. The fraction of sp³-hybridized carbons (Fsp3) is 0.133. The third-order valence-corrected chi connectivity index (χ3v) is 3.57. The van der Waals surface area contributed by atoms with E-state index in [1.54, 1.807) is 30.4 Å². The Morgan fingerprint density at radius 2 is 2.18 bits per heavy atom. The van der Waals surface area contributed by atoms with Gasteiger partial charge in [-0.1, -0.05) is 0 Å². The number of halogens is 1. The minimum absolute atomic E-state index is 0.265. The number of hydrogen-bond donors (Lipinski definition) is 2. The number of hydrogen-bond acceptors (Lipinski definition) is 5. The minimum atomic E-state index is -0.497. The standard InChI is InChI=1S/C15H13FN6/c1-8-12-13(20-7-19-12)14(18)21-15(8)22(2)11-4-3-9(6-17)5-10(11)16/h3-5,7H,1-2H3,(H2,18,21)(H,19,20). The number of nitrogens with two attached hydrogens (primary N) is 1. The predicted octanol–water partition coefficient (Wildman–Crippen LogP) is 2.63. The molecule has 6 nitrogen and oxygen atoms in total. The normalized spacial score (nSPS) is 10.6. The van der Waals surface area contributed by atoms with Crippen LogP contribution in [-0.2, 0) is 0 Å². The maximum atomic E-state index is 14.2. The number of benzene rings is 1. The summed E-state index contributed by atoms with van der Waals surface area (Å²) in [6.07, 6.45) is 1.54. The molecule has 0 aliphatic heterocycles. The molecule has 0 radical (unpaired) electrons. The Hall–Kier alpha value is -3.14. The highest BCUT2D eigenvalue weighted by Crippen LogP contribution is 2.32. The van der Waals surface area contributed by atoms with Crippen molar-refractivity contribution in [2.45, 2.75) is 6.92 Å². The first-order valence-electron chi connectivity index (χ1n) is 6.55. The number of anilines is 3. The summed E-state index contributed by atoms with van der Waals surface area (Å²) in [7, 11) is 1.69. The highest BCUT2D eigenvalue weighted by Gasteiger charge is 2.18. The molecule has 22 heavy (non-hydrogen) atoms. The second-order valence-electron chi connectivity index (χ2n) is 4.91. The average molecular weight is 296 g/mol. The van der Waals surface area contributed by atoms with Crippen molar-refractivity contribution in [2.24, 2.45) is 0 Å². The molecular formula is C15H13FN6. The van der Waals surface area contributed by atoms with Crippen molar-refractivity contribution in [1.29, 1.82) is 5.26 Å². The van der Waals surface area contributed by atoms with Gasteiger partial charge in [-0.15, -0.1) is 0 Å². The summed E-state index contributed by atoms with van der Waals surface area (Å²) in [6, 6.07) is 6.20. The molecule has 0 saturated carbocycles. The molecule has 0 atom stereocenters. The Morgan fingerprint density at radius 3 is 2.86 bits per heavy atom. The van der Waals surface area contributed by atoms with Gasteiger partial charge in [0.15, 0.2) is 5.82 Å². The number of fused-ring (bicyclic) bond motifs is 1. The Bertz CT molecular complexity index is 908. The number of rotatable bonds is 2. The second kappa shape index (κ2) is 5.00. The first-order valence-corrected chi connectivity index (χ1v) is 6.55. The van der Waals surface area contributed by atoms with Gasteiger partial charge in [0.1, 0.15) is 17.2 Å². The van der Waals surface area contributed by atoms with Crippen LogP contribution in [0, 0.1) is 24.1 Å². The highest BCUT2D eigenvalue weighted by molar-refractivity contribution is 5.91. The molecule has 0 spiro atoms. The molecule has 0 aliphatic rings. The molecule has 0 fully saturated rings. The first kappa shape index (κ1) is 13.8. The summed E-state index contributed by atoms with van der Waals surface area (Å²) in [5.74, 6) is 0.318. The Labute approximate surface area is 126 Å². The maximum absolute atomic E-state index is 14.2. The van der Waals surface area contributed by atoms with E-state index in [9.17, 15) is 4.39 Å². The van der Waals surface area contributed by atoms with Crippen LogP contribution < -0.4 is 10.6 Å². The van der Waals surface area contributed by atoms with E-state index < -0.39 is 5.82 Å². The van der Waals surface area contributed by atoms with Crippen molar-refractivity contribution in [3.05, 3.63) is 41.5 Å². The van der Waals surface area contributed by atoms with Crippen molar-refractivity contribution in [3.63, 3.8) is 0 Å². The first-order chi connectivity index (χ1) is 10.5. The maximum Gasteiger partial charge on any atom is 0.151 e. The molecule has 3 rings (SSSR count). The van der Waals surface area contributed by atoms with E-state index in [2.05, 4.69) is 15.0 Å². The number of aromatic nitrogens is 3. The van der Waals surface area contributed by atoms with Crippen LogP contribution in [0.15, 0.2) is 24.5 Å². The van der Waals surface area contributed by atoms with E-state index in [4.69, 9.17) is 11.0 Å². The lowest BCUT2D eigenvalue weighted by molar-refractivity contribution is 0.627. The molecule has 7 heteroatoms. The fourth-order valence-corrected chi connectivity index (χ4v) is 2.42. The van der Waals surface area contributed by atoms with Crippen molar-refractivity contribution in [3.8, 4) is 6.07 Å². The predicted molar refractivity (Wildman–Crippen MR) is 82.2 cm³/mol. The van der Waals surface area contributed by atoms with Crippen LogP contribution in [-0.4, -0.2) is 22.0 Å². The Morgan fingerprint density at radius 1 is 1.41 bits per heavy atom. The third-order valence-electron chi connectivity index (χ3n) is 3.57. The van der Waals surface area contributed by atoms with Crippen molar-refractivity contribution >= 4 is 28.4 Å². The summed E-state index contributed by atoms with van der Waals surface area (Å²) >= 11 is 0. The smallest absolute Gasteiger partial charge is 0.151 e. The molecule has 2 aromatic heterocycles. The van der Waals surface area contributed by atoms with Crippen LogP contribution >= 0.6 is 0 Å². The lowest BCUT2D eigenvalue weighted by atomic mass is 10.1. The van der Waals surface area contributed by atoms with Crippen LogP contribution in [0.4, 0.5) is 21.7 Å². The highest BCUT2D eigenvalue weighted by atomic mass is 19.1. The summed E-state index contributed by atoms with van der Waals surface area (Å²) in [5, 5.41) is 8.81. The summed E-state index contributed by atoms with van der Waals surface area (Å²) in [5.41, 5.74) is 8.65. The molecule has 0 saturated heterocycles. The van der Waals surface area contributed by atoms with E-state index in [0.29, 0.717) is 28.4 Å². The molecule has 1 aromatic carbocycles. The van der Waals surface area contributed by atoms with Gasteiger partial charge in [-0.2, -0.15) is 5.26 Å². The fourth-order valence-electron chi connectivity index (χ4n) is 2.42. The Balaban J connectivity index is 2.15. The van der Waals surface area contributed by atoms with Gasteiger partial charge in [0.2, 0.25) is 0 Å². The molecular weight excluding hydrogens is 283 g/mol. The lowest BCUT2D eigenvalue weighted by Crippen LogP contribution is -2.15. The number of aromatic amines is 1. The van der Waals surface area contributed by atoms with Gasteiger partial charge in [0, 0.05) is 12.6 Å². The molecule has 3 N–H and O–H groups in total. The van der Waals surface area contributed by atoms with Gasteiger partial charge in [-0.05, 0) is 25.1 Å². The van der Waals surface area contributed by atoms with Crippen LogP contribution in [0.25, 0.3) is 11.0 Å². The van der Waals surface area contributed by atoms with Gasteiger partial charge in [-0.25, -0.2) is 14.4 Å². The lowest BCUT2D eigenvalue weighted by Gasteiger charge is -2.21. The molecule has 0 bridgehead atoms. The number of H-pyrrole nitrogens is 1. The monoisotopic (exact) mass is 296 g/mol. The van der Waals surface area contributed by atoms with Crippen LogP contribution in [0.3, 0.4) is 0 Å². The molecule has 2 heterocycles. The van der Waals surface area contributed by atoms with Gasteiger partial charge in [-0.3, -0.25) is 0 Å². The molecule has 3 aromatic rings. The number of nitrogens with one attached hydrogen (secondary N) is 1. The number of nitrogen functional groups attached to an aromatic ring is 1. The van der Waals surface area contributed by atoms with Gasteiger partial charge >= 0.3 is 0 Å². The number of nitriles is 1. The van der Waals surface area contributed by atoms with E-state index in [-0.39, 0.29) is 5.56 Å². The number of aryl methyl sites for hydroxylation is 1. The average Bonchev–Trinajstić information content (AvgIpc) is 3.00. The van der Waals surface area contributed by atoms with Crippen molar-refractivity contribution in [2.75, 3.05) is 17.7 Å². The number of nitrogens with zero attached hydrogens (tertiary/aromatic N) is 4. The topological polar surface area (TPSA) is 94.6 Å². The zero-order valence-corrected chi connectivity index (χ0v) is 12.1. The number of pyridine rings is 1. The molecule has 0 aliphatic carbocycles.